The Morgan fingerprint density at radius 3 is 2.05 bits per heavy atom. The Kier molecular flexibility index (Phi) is 9.48. The fourth-order valence-corrected chi connectivity index (χ4v) is 5.08. The number of ether oxygens (including phenoxy) is 3. The molecule has 1 aromatic heterocycles. The molecule has 0 bridgehead atoms. The molecule has 2 N–H and O–H groups in total. The van der Waals surface area contributed by atoms with Crippen molar-refractivity contribution in [3.8, 4) is 5.75 Å². The topological polar surface area (TPSA) is 133 Å². The molecule has 1 heterocycles. The van der Waals surface area contributed by atoms with Gasteiger partial charge in [0.2, 0.25) is 0 Å². The molecule has 0 aliphatic rings. The fraction of sp³-hybridized carbons (Fsp3) is 0.320. The average molecular weight is 548 g/mol. The predicted molar refractivity (Wildman–Crippen MR) is 140 cm³/mol. The second-order valence-corrected chi connectivity index (χ2v) is 10.5. The molecule has 0 radical (unpaired) electrons. The lowest BCUT2D eigenvalue weighted by molar-refractivity contribution is -0.162. The summed E-state index contributed by atoms with van der Waals surface area (Å²) >= 11 is 1.19. The van der Waals surface area contributed by atoms with E-state index in [1.165, 1.54) is 30.8 Å². The van der Waals surface area contributed by atoms with Gasteiger partial charge in [-0.3, -0.25) is 14.3 Å². The van der Waals surface area contributed by atoms with Gasteiger partial charge in [0.15, 0.2) is 11.7 Å². The van der Waals surface area contributed by atoms with Gasteiger partial charge in [0.1, 0.15) is 5.75 Å². The molecule has 0 aliphatic heterocycles. The van der Waals surface area contributed by atoms with Crippen molar-refractivity contribution in [2.45, 2.75) is 31.7 Å². The number of carbonyl (C=O) groups excluding carboxylic acids is 2. The summed E-state index contributed by atoms with van der Waals surface area (Å²) in [6.45, 7) is 5.30. The van der Waals surface area contributed by atoms with Crippen molar-refractivity contribution in [2.24, 2.45) is 5.92 Å². The van der Waals surface area contributed by atoms with Crippen LogP contribution >= 0.6 is 11.5 Å². The number of nitrogens with zero attached hydrogens (tertiary/aromatic N) is 1. The molecular formula is C25H29N3O7S2. The second kappa shape index (κ2) is 12.5. The monoisotopic (exact) mass is 547 g/mol. The number of anilines is 2. The van der Waals surface area contributed by atoms with Gasteiger partial charge < -0.3 is 19.5 Å². The predicted octanol–water partition coefficient (Wildman–Crippen LogP) is 4.16. The van der Waals surface area contributed by atoms with E-state index in [2.05, 4.69) is 14.4 Å². The van der Waals surface area contributed by atoms with Crippen LogP contribution in [0.25, 0.3) is 0 Å². The van der Waals surface area contributed by atoms with E-state index in [4.69, 9.17) is 14.2 Å². The highest BCUT2D eigenvalue weighted by Gasteiger charge is 2.38. The molecule has 0 aliphatic carbocycles. The van der Waals surface area contributed by atoms with Crippen LogP contribution in [-0.4, -0.2) is 45.1 Å². The number of hydrogen-bond acceptors (Lipinski definition) is 10. The summed E-state index contributed by atoms with van der Waals surface area (Å²) in [7, 11) is -2.33. The number of carbonyl (C=O) groups is 2. The first-order valence-corrected chi connectivity index (χ1v) is 13.7. The lowest BCUT2D eigenvalue weighted by Gasteiger charge is -2.27. The maximum absolute atomic E-state index is 12.9. The molecule has 0 saturated heterocycles. The fourth-order valence-electron chi connectivity index (χ4n) is 3.52. The third-order valence-electron chi connectivity index (χ3n) is 5.24. The molecule has 3 rings (SSSR count). The van der Waals surface area contributed by atoms with Crippen LogP contribution in [0.5, 0.6) is 5.75 Å². The van der Waals surface area contributed by atoms with Crippen LogP contribution in [0, 0.1) is 12.8 Å². The number of esters is 2. The minimum atomic E-state index is -3.86. The molecule has 0 amide bonds. The van der Waals surface area contributed by atoms with Gasteiger partial charge in [-0.15, -0.1) is 0 Å². The number of benzene rings is 2. The van der Waals surface area contributed by atoms with Crippen LogP contribution in [0.15, 0.2) is 59.5 Å². The van der Waals surface area contributed by atoms with Crippen molar-refractivity contribution in [1.82, 2.24) is 4.37 Å². The van der Waals surface area contributed by atoms with E-state index < -0.39 is 33.9 Å². The Bertz CT molecular complexity index is 1290. The van der Waals surface area contributed by atoms with E-state index in [1.807, 2.05) is 6.92 Å². The minimum Gasteiger partial charge on any atom is -0.497 e. The Labute approximate surface area is 220 Å². The first kappa shape index (κ1) is 27.9. The maximum atomic E-state index is 12.9. The third kappa shape index (κ3) is 7.20. The molecule has 0 fully saturated rings. The first-order valence-electron chi connectivity index (χ1n) is 11.5. The van der Waals surface area contributed by atoms with E-state index in [9.17, 15) is 18.0 Å². The Morgan fingerprint density at radius 2 is 1.57 bits per heavy atom. The molecule has 10 nitrogen and oxygen atoms in total. The third-order valence-corrected chi connectivity index (χ3v) is 7.31. The highest BCUT2D eigenvalue weighted by atomic mass is 32.2. The molecule has 37 heavy (non-hydrogen) atoms. The number of aryl methyl sites for hydroxylation is 1. The van der Waals surface area contributed by atoms with Gasteiger partial charge in [-0.2, -0.15) is 4.37 Å². The Hall–Kier alpha value is -3.64. The summed E-state index contributed by atoms with van der Waals surface area (Å²) in [4.78, 5) is 26.6. The standard InChI is InChI=1S/C25H29N3O7S2/c1-5-34-24(29)22(25(30)35-6-2)23(17-7-11-19(33-4)12-8-17)26-18-9-13-20(14-10-18)37(31,32)28-21-15-16(3)36-27-21/h7-15,22-23,26H,5-6H2,1-4H3,(H,27,28)/t23-/m0/s1. The van der Waals surface area contributed by atoms with Crippen molar-refractivity contribution in [2.75, 3.05) is 30.4 Å². The number of aromatic nitrogens is 1. The van der Waals surface area contributed by atoms with Gasteiger partial charge in [-0.25, -0.2) is 8.42 Å². The smallest absolute Gasteiger partial charge is 0.322 e. The van der Waals surface area contributed by atoms with Crippen LogP contribution in [0.1, 0.15) is 30.3 Å². The summed E-state index contributed by atoms with van der Waals surface area (Å²) in [5.41, 5.74) is 1.08. The van der Waals surface area contributed by atoms with Crippen molar-refractivity contribution in [1.29, 1.82) is 0 Å². The molecule has 1 atom stereocenters. The zero-order valence-corrected chi connectivity index (χ0v) is 22.5. The van der Waals surface area contributed by atoms with E-state index in [0.29, 0.717) is 17.0 Å². The molecule has 0 saturated carbocycles. The Balaban J connectivity index is 1.93. The Morgan fingerprint density at radius 1 is 0.973 bits per heavy atom. The van der Waals surface area contributed by atoms with Gasteiger partial charge in [0.25, 0.3) is 10.0 Å². The highest BCUT2D eigenvalue weighted by Crippen LogP contribution is 2.31. The number of sulfonamides is 1. The number of rotatable bonds is 12. The van der Waals surface area contributed by atoms with E-state index in [1.54, 1.807) is 56.3 Å². The highest BCUT2D eigenvalue weighted by molar-refractivity contribution is 7.92. The van der Waals surface area contributed by atoms with Crippen LogP contribution in [0.3, 0.4) is 0 Å². The normalized spacial score (nSPS) is 12.0. The van der Waals surface area contributed by atoms with E-state index in [-0.39, 0.29) is 23.9 Å². The summed E-state index contributed by atoms with van der Waals surface area (Å²) in [5.74, 6) is -1.95. The lowest BCUT2D eigenvalue weighted by atomic mass is 9.92. The lowest BCUT2D eigenvalue weighted by Crippen LogP contribution is -2.36. The number of hydrogen-bond donors (Lipinski definition) is 2. The zero-order chi connectivity index (χ0) is 27.0. The second-order valence-electron chi connectivity index (χ2n) is 7.83. The minimum absolute atomic E-state index is 0.0250. The average Bonchev–Trinajstić information content (AvgIpc) is 3.28. The summed E-state index contributed by atoms with van der Waals surface area (Å²) in [6.07, 6.45) is 0. The van der Waals surface area contributed by atoms with Gasteiger partial charge in [0, 0.05) is 10.6 Å². The molecule has 12 heteroatoms. The van der Waals surface area contributed by atoms with Crippen LogP contribution in [0.4, 0.5) is 11.5 Å². The van der Waals surface area contributed by atoms with Crippen molar-refractivity contribution in [3.63, 3.8) is 0 Å². The van der Waals surface area contributed by atoms with Crippen LogP contribution in [-0.2, 0) is 29.1 Å². The largest absolute Gasteiger partial charge is 0.497 e. The van der Waals surface area contributed by atoms with Gasteiger partial charge >= 0.3 is 11.9 Å². The van der Waals surface area contributed by atoms with E-state index in [0.717, 1.165) is 4.88 Å². The quantitative estimate of drug-likeness (QED) is 0.253. The summed E-state index contributed by atoms with van der Waals surface area (Å²) < 4.78 is 47.6. The van der Waals surface area contributed by atoms with Gasteiger partial charge in [-0.05, 0) is 80.3 Å². The zero-order valence-electron chi connectivity index (χ0n) is 20.9. The number of methoxy groups -OCH3 is 1. The molecule has 198 valence electrons. The SMILES string of the molecule is CCOC(=O)C(C(=O)OCC)[C@@H](Nc1ccc(S(=O)(=O)Nc2cc(C)sn2)cc1)c1ccc(OC)cc1. The van der Waals surface area contributed by atoms with Gasteiger partial charge in [0.05, 0.1) is 31.3 Å². The van der Waals surface area contributed by atoms with Crippen LogP contribution < -0.4 is 14.8 Å². The molecule has 0 spiro atoms. The first-order chi connectivity index (χ1) is 17.7. The van der Waals surface area contributed by atoms with E-state index >= 15 is 0 Å². The molecular weight excluding hydrogens is 518 g/mol. The number of nitrogens with one attached hydrogen (secondary N) is 2. The van der Waals surface area contributed by atoms with Crippen molar-refractivity contribution in [3.05, 3.63) is 65.0 Å². The molecule has 3 aromatic rings. The van der Waals surface area contributed by atoms with Crippen molar-refractivity contribution < 1.29 is 32.2 Å². The molecule has 2 aromatic carbocycles. The van der Waals surface area contributed by atoms with Gasteiger partial charge in [-0.1, -0.05) is 12.1 Å². The van der Waals surface area contributed by atoms with Crippen molar-refractivity contribution >= 4 is 45.0 Å². The summed E-state index contributed by atoms with van der Waals surface area (Å²) in [5, 5.41) is 3.17. The van der Waals surface area contributed by atoms with Crippen LogP contribution in [0.2, 0.25) is 0 Å². The maximum Gasteiger partial charge on any atom is 0.322 e. The summed E-state index contributed by atoms with van der Waals surface area (Å²) in [6, 6.07) is 13.6. The molecule has 0 unspecified atom stereocenters.